The Morgan fingerprint density at radius 2 is 2.14 bits per heavy atom. The van der Waals surface area contributed by atoms with E-state index in [9.17, 15) is 0 Å². The van der Waals surface area contributed by atoms with E-state index in [0.717, 1.165) is 12.5 Å². The lowest BCUT2D eigenvalue weighted by atomic mass is 9.65. The van der Waals surface area contributed by atoms with E-state index in [4.69, 9.17) is 6.42 Å². The van der Waals surface area contributed by atoms with Gasteiger partial charge in [0, 0.05) is 6.04 Å². The smallest absolute Gasteiger partial charge is 0.0686 e. The van der Waals surface area contributed by atoms with Gasteiger partial charge >= 0.3 is 0 Å². The molecule has 2 aliphatic carbocycles. The van der Waals surface area contributed by atoms with Crippen LogP contribution in [0.2, 0.25) is 0 Å². The number of hydrogen-bond acceptors (Lipinski definition) is 1. The third-order valence-electron chi connectivity index (χ3n) is 4.27. The summed E-state index contributed by atoms with van der Waals surface area (Å²) >= 11 is 0. The van der Waals surface area contributed by atoms with Gasteiger partial charge in [-0.15, -0.1) is 6.42 Å². The fourth-order valence-electron chi connectivity index (χ4n) is 3.15. The molecule has 0 aliphatic heterocycles. The molecule has 78 valence electrons. The van der Waals surface area contributed by atoms with Gasteiger partial charge in [-0.1, -0.05) is 25.7 Å². The number of rotatable bonds is 3. The van der Waals surface area contributed by atoms with Crippen LogP contribution < -0.4 is 5.32 Å². The van der Waals surface area contributed by atoms with E-state index in [0.29, 0.717) is 11.5 Å². The third kappa shape index (κ3) is 1.57. The lowest BCUT2D eigenvalue weighted by Gasteiger charge is -2.44. The molecule has 1 nitrogen and oxygen atoms in total. The molecule has 2 saturated carbocycles. The highest BCUT2D eigenvalue weighted by Gasteiger charge is 2.47. The van der Waals surface area contributed by atoms with Crippen molar-refractivity contribution in [3.8, 4) is 12.3 Å². The number of hydrogen-bond donors (Lipinski definition) is 1. The maximum Gasteiger partial charge on any atom is 0.0686 e. The fourth-order valence-corrected chi connectivity index (χ4v) is 3.15. The summed E-state index contributed by atoms with van der Waals surface area (Å²) in [6.07, 6.45) is 15.0. The Kier molecular flexibility index (Phi) is 2.83. The summed E-state index contributed by atoms with van der Waals surface area (Å²) in [6, 6.07) is 1.02. The average molecular weight is 191 g/mol. The van der Waals surface area contributed by atoms with Crippen LogP contribution >= 0.6 is 0 Å². The minimum atomic E-state index is 0.301. The van der Waals surface area contributed by atoms with Gasteiger partial charge in [0.25, 0.3) is 0 Å². The van der Waals surface area contributed by atoms with E-state index in [2.05, 4.69) is 18.2 Å². The maximum absolute atomic E-state index is 5.50. The zero-order chi connectivity index (χ0) is 10.0. The van der Waals surface area contributed by atoms with Gasteiger partial charge < -0.3 is 5.32 Å². The molecule has 0 bridgehead atoms. The van der Waals surface area contributed by atoms with Gasteiger partial charge in [-0.25, -0.2) is 0 Å². The van der Waals surface area contributed by atoms with Crippen LogP contribution in [0.1, 0.15) is 51.9 Å². The molecule has 1 spiro atoms. The van der Waals surface area contributed by atoms with Gasteiger partial charge in [-0.3, -0.25) is 0 Å². The predicted octanol–water partition coefficient (Wildman–Crippen LogP) is 2.71. The van der Waals surface area contributed by atoms with Gasteiger partial charge in [0.2, 0.25) is 0 Å². The van der Waals surface area contributed by atoms with Crippen molar-refractivity contribution in [2.24, 2.45) is 5.41 Å². The molecule has 0 aromatic carbocycles. The highest BCUT2D eigenvalue weighted by molar-refractivity contribution is 5.06. The summed E-state index contributed by atoms with van der Waals surface area (Å²) in [4.78, 5) is 0. The van der Waals surface area contributed by atoms with Gasteiger partial charge in [-0.2, -0.15) is 0 Å². The van der Waals surface area contributed by atoms with Gasteiger partial charge in [0.15, 0.2) is 0 Å². The Morgan fingerprint density at radius 1 is 1.43 bits per heavy atom. The molecule has 14 heavy (non-hydrogen) atoms. The first kappa shape index (κ1) is 10.1. The van der Waals surface area contributed by atoms with Crippen LogP contribution in [-0.4, -0.2) is 12.1 Å². The third-order valence-corrected chi connectivity index (χ3v) is 4.27. The second kappa shape index (κ2) is 3.95. The van der Waals surface area contributed by atoms with Crippen LogP contribution in [0.3, 0.4) is 0 Å². The Hall–Kier alpha value is -0.480. The minimum Gasteiger partial charge on any atom is -0.300 e. The van der Waals surface area contributed by atoms with E-state index in [1.54, 1.807) is 0 Å². The summed E-state index contributed by atoms with van der Waals surface area (Å²) in [5.74, 6) is 2.85. The molecule has 2 unspecified atom stereocenters. The van der Waals surface area contributed by atoms with Gasteiger partial charge in [-0.05, 0) is 37.5 Å². The van der Waals surface area contributed by atoms with Crippen LogP contribution in [0.5, 0.6) is 0 Å². The molecule has 2 aliphatic rings. The molecule has 0 aromatic rings. The molecule has 0 radical (unpaired) electrons. The molecule has 0 saturated heterocycles. The highest BCUT2D eigenvalue weighted by Crippen LogP contribution is 2.53. The standard InChI is InChI=1S/C13H21N/c1-3-11(4-2)14-12-7-5-8-13(12)9-6-10-13/h1,11-12,14H,4-10H2,2H3. The van der Waals surface area contributed by atoms with E-state index in [1.165, 1.54) is 38.5 Å². The van der Waals surface area contributed by atoms with Crippen molar-refractivity contribution < 1.29 is 0 Å². The van der Waals surface area contributed by atoms with E-state index in [-0.39, 0.29) is 0 Å². The van der Waals surface area contributed by atoms with Crippen molar-refractivity contribution in [1.29, 1.82) is 0 Å². The van der Waals surface area contributed by atoms with Gasteiger partial charge in [0.05, 0.1) is 6.04 Å². The first-order valence-electron chi connectivity index (χ1n) is 6.03. The van der Waals surface area contributed by atoms with Crippen molar-refractivity contribution in [2.75, 3.05) is 0 Å². The average Bonchev–Trinajstić information content (AvgIpc) is 2.56. The van der Waals surface area contributed by atoms with Crippen LogP contribution in [-0.2, 0) is 0 Å². The van der Waals surface area contributed by atoms with Crippen LogP contribution in [0.15, 0.2) is 0 Å². The molecule has 1 heteroatoms. The van der Waals surface area contributed by atoms with E-state index in [1.807, 2.05) is 0 Å². The zero-order valence-corrected chi connectivity index (χ0v) is 9.18. The van der Waals surface area contributed by atoms with E-state index >= 15 is 0 Å². The molecule has 1 N–H and O–H groups in total. The lowest BCUT2D eigenvalue weighted by Crippen LogP contribution is -2.48. The minimum absolute atomic E-state index is 0.301. The monoisotopic (exact) mass is 191 g/mol. The molecule has 0 aromatic heterocycles. The lowest BCUT2D eigenvalue weighted by molar-refractivity contribution is 0.0975. The highest BCUT2D eigenvalue weighted by atomic mass is 15.0. The van der Waals surface area contributed by atoms with Crippen molar-refractivity contribution in [3.63, 3.8) is 0 Å². The fraction of sp³-hybridized carbons (Fsp3) is 0.846. The van der Waals surface area contributed by atoms with Crippen LogP contribution in [0.25, 0.3) is 0 Å². The van der Waals surface area contributed by atoms with E-state index < -0.39 is 0 Å². The second-order valence-corrected chi connectivity index (χ2v) is 4.95. The Balaban J connectivity index is 1.94. The van der Waals surface area contributed by atoms with Gasteiger partial charge in [0.1, 0.15) is 0 Å². The molecule has 2 fully saturated rings. The first-order valence-corrected chi connectivity index (χ1v) is 6.03. The molecule has 0 amide bonds. The van der Waals surface area contributed by atoms with Crippen LogP contribution in [0, 0.1) is 17.8 Å². The van der Waals surface area contributed by atoms with Crippen molar-refractivity contribution >= 4 is 0 Å². The number of terminal acetylenes is 1. The second-order valence-electron chi connectivity index (χ2n) is 4.95. The normalized spacial score (nSPS) is 31.0. The van der Waals surface area contributed by atoms with Crippen LogP contribution in [0.4, 0.5) is 0 Å². The van der Waals surface area contributed by atoms with Crippen molar-refractivity contribution in [1.82, 2.24) is 5.32 Å². The molecule has 2 atom stereocenters. The molecular weight excluding hydrogens is 170 g/mol. The molecular formula is C13H21N. The number of nitrogens with one attached hydrogen (secondary N) is 1. The summed E-state index contributed by atoms with van der Waals surface area (Å²) in [6.45, 7) is 2.17. The molecule has 2 rings (SSSR count). The quantitative estimate of drug-likeness (QED) is 0.676. The predicted molar refractivity (Wildman–Crippen MR) is 60.0 cm³/mol. The summed E-state index contributed by atoms with van der Waals surface area (Å²) in [5, 5.41) is 3.67. The Morgan fingerprint density at radius 3 is 2.64 bits per heavy atom. The topological polar surface area (TPSA) is 12.0 Å². The Labute approximate surface area is 87.7 Å². The SMILES string of the molecule is C#CC(CC)NC1CCCC12CCC2. The maximum atomic E-state index is 5.50. The zero-order valence-electron chi connectivity index (χ0n) is 9.18. The Bertz CT molecular complexity index is 234. The summed E-state index contributed by atoms with van der Waals surface area (Å²) in [5.41, 5.74) is 0.657. The summed E-state index contributed by atoms with van der Waals surface area (Å²) < 4.78 is 0. The first-order chi connectivity index (χ1) is 6.80. The largest absolute Gasteiger partial charge is 0.300 e. The van der Waals surface area contributed by atoms with Crippen molar-refractivity contribution in [3.05, 3.63) is 0 Å². The summed E-state index contributed by atoms with van der Waals surface area (Å²) in [7, 11) is 0. The van der Waals surface area contributed by atoms with Crippen molar-refractivity contribution in [2.45, 2.75) is 64.0 Å². The molecule has 0 heterocycles.